The van der Waals surface area contributed by atoms with Gasteiger partial charge in [-0.3, -0.25) is 9.59 Å². The van der Waals surface area contributed by atoms with Gasteiger partial charge in [-0.25, -0.2) is 0 Å². The number of aryl methyl sites for hydroxylation is 1. The molecule has 0 spiro atoms. The molecule has 138 valence electrons. The number of anilines is 1. The second-order valence-electron chi connectivity index (χ2n) is 5.56. The van der Waals surface area contributed by atoms with Crippen LogP contribution < -0.4 is 10.1 Å². The van der Waals surface area contributed by atoms with Crippen LogP contribution in [0, 0.1) is 0 Å². The van der Waals surface area contributed by atoms with Crippen molar-refractivity contribution in [1.29, 1.82) is 0 Å². The van der Waals surface area contributed by atoms with Crippen LogP contribution in [0.15, 0.2) is 42.5 Å². The third-order valence-corrected chi connectivity index (χ3v) is 4.22. The lowest BCUT2D eigenvalue weighted by Gasteiger charge is -2.15. The lowest BCUT2D eigenvalue weighted by molar-refractivity contribution is -0.153. The van der Waals surface area contributed by atoms with Crippen molar-refractivity contribution in [1.82, 2.24) is 0 Å². The Balaban J connectivity index is 1.88. The fraction of sp³-hybridized carbons (Fsp3) is 0.263. The number of methoxy groups -OCH3 is 1. The molecule has 26 heavy (non-hydrogen) atoms. The molecular weight excluding hydrogens is 377 g/mol. The van der Waals surface area contributed by atoms with E-state index in [4.69, 9.17) is 32.7 Å². The summed E-state index contributed by atoms with van der Waals surface area (Å²) in [4.78, 5) is 24.2. The van der Waals surface area contributed by atoms with E-state index in [1.807, 2.05) is 24.3 Å². The van der Waals surface area contributed by atoms with E-state index >= 15 is 0 Å². The van der Waals surface area contributed by atoms with Crippen molar-refractivity contribution in [3.05, 3.63) is 58.1 Å². The van der Waals surface area contributed by atoms with E-state index in [0.29, 0.717) is 27.9 Å². The second-order valence-corrected chi connectivity index (χ2v) is 6.40. The minimum atomic E-state index is -0.963. The molecule has 2 aromatic rings. The highest BCUT2D eigenvalue weighted by molar-refractivity contribution is 6.35. The number of nitrogens with one attached hydrogen (secondary N) is 1. The first kappa shape index (κ1) is 20.1. The quantitative estimate of drug-likeness (QED) is 0.700. The monoisotopic (exact) mass is 395 g/mol. The van der Waals surface area contributed by atoms with E-state index in [1.165, 1.54) is 13.0 Å². The maximum atomic E-state index is 12.2. The number of halogens is 2. The SMILES string of the molecule is COc1ccccc1CCC(=O)O[C@H](C)C(=O)Nc1cc(Cl)ccc1Cl. The van der Waals surface area contributed by atoms with Crippen LogP contribution in [0.4, 0.5) is 5.69 Å². The van der Waals surface area contributed by atoms with Crippen LogP contribution >= 0.6 is 23.2 Å². The molecule has 2 rings (SSSR count). The largest absolute Gasteiger partial charge is 0.496 e. The first-order valence-corrected chi connectivity index (χ1v) is 8.73. The molecule has 0 fully saturated rings. The van der Waals surface area contributed by atoms with Gasteiger partial charge >= 0.3 is 5.97 Å². The van der Waals surface area contributed by atoms with Gasteiger partial charge < -0.3 is 14.8 Å². The van der Waals surface area contributed by atoms with Crippen LogP contribution in [0.1, 0.15) is 18.9 Å². The van der Waals surface area contributed by atoms with Crippen molar-refractivity contribution >= 4 is 40.8 Å². The summed E-state index contributed by atoms with van der Waals surface area (Å²) in [6.07, 6.45) is -0.372. The van der Waals surface area contributed by atoms with Gasteiger partial charge in [-0.2, -0.15) is 0 Å². The Labute approximate surface area is 162 Å². The molecule has 1 amide bonds. The smallest absolute Gasteiger partial charge is 0.306 e. The van der Waals surface area contributed by atoms with Gasteiger partial charge in [0.1, 0.15) is 5.75 Å². The predicted molar refractivity (Wildman–Crippen MR) is 102 cm³/mol. The van der Waals surface area contributed by atoms with Crippen LogP contribution in [0.3, 0.4) is 0 Å². The van der Waals surface area contributed by atoms with Gasteiger partial charge in [0, 0.05) is 11.4 Å². The third-order valence-electron chi connectivity index (χ3n) is 3.65. The zero-order valence-corrected chi connectivity index (χ0v) is 15.9. The number of rotatable bonds is 7. The summed E-state index contributed by atoms with van der Waals surface area (Å²) in [5, 5.41) is 3.38. The van der Waals surface area contributed by atoms with Crippen molar-refractivity contribution in [3.63, 3.8) is 0 Å². The molecule has 1 N–H and O–H groups in total. The van der Waals surface area contributed by atoms with Crippen molar-refractivity contribution in [2.75, 3.05) is 12.4 Å². The molecule has 0 aromatic heterocycles. The summed E-state index contributed by atoms with van der Waals surface area (Å²) in [7, 11) is 1.57. The van der Waals surface area contributed by atoms with Gasteiger partial charge in [0.15, 0.2) is 6.10 Å². The number of esters is 1. The highest BCUT2D eigenvalue weighted by Gasteiger charge is 2.19. The van der Waals surface area contributed by atoms with Crippen molar-refractivity contribution in [2.45, 2.75) is 25.9 Å². The van der Waals surface area contributed by atoms with Crippen LogP contribution in [-0.4, -0.2) is 25.1 Å². The minimum absolute atomic E-state index is 0.135. The Morgan fingerprint density at radius 1 is 1.15 bits per heavy atom. The molecule has 0 unspecified atom stereocenters. The van der Waals surface area contributed by atoms with Crippen molar-refractivity contribution < 1.29 is 19.1 Å². The number of hydrogen-bond donors (Lipinski definition) is 1. The third kappa shape index (κ3) is 5.64. The van der Waals surface area contributed by atoms with Crippen molar-refractivity contribution in [3.8, 4) is 5.75 Å². The Bertz CT molecular complexity index is 795. The number of carbonyl (C=O) groups is 2. The van der Waals surface area contributed by atoms with Crippen LogP contribution in [0.25, 0.3) is 0 Å². The summed E-state index contributed by atoms with van der Waals surface area (Å²) in [5.74, 6) is -0.253. The Kier molecular flexibility index (Phi) is 7.30. The van der Waals surface area contributed by atoms with E-state index in [9.17, 15) is 9.59 Å². The molecule has 0 radical (unpaired) electrons. The van der Waals surface area contributed by atoms with E-state index < -0.39 is 18.0 Å². The van der Waals surface area contributed by atoms with Gasteiger partial charge in [0.2, 0.25) is 0 Å². The zero-order chi connectivity index (χ0) is 19.1. The number of para-hydroxylation sites is 1. The summed E-state index contributed by atoms with van der Waals surface area (Å²) in [5.41, 5.74) is 1.26. The van der Waals surface area contributed by atoms with E-state index in [-0.39, 0.29) is 6.42 Å². The molecule has 1 atom stereocenters. The molecule has 0 aliphatic carbocycles. The van der Waals surface area contributed by atoms with Crippen LogP contribution in [-0.2, 0) is 20.7 Å². The normalized spacial score (nSPS) is 11.5. The molecule has 5 nitrogen and oxygen atoms in total. The Morgan fingerprint density at radius 3 is 2.62 bits per heavy atom. The average molecular weight is 396 g/mol. The number of benzene rings is 2. The second kappa shape index (κ2) is 9.46. The molecule has 0 aliphatic rings. The molecule has 0 saturated heterocycles. The van der Waals surface area contributed by atoms with Gasteiger partial charge in [-0.1, -0.05) is 41.4 Å². The van der Waals surface area contributed by atoms with E-state index in [0.717, 1.165) is 5.56 Å². The van der Waals surface area contributed by atoms with E-state index in [1.54, 1.807) is 19.2 Å². The van der Waals surface area contributed by atoms with Gasteiger partial charge in [-0.05, 0) is 43.2 Å². The summed E-state index contributed by atoms with van der Waals surface area (Å²) < 4.78 is 10.4. The molecule has 0 heterocycles. The fourth-order valence-corrected chi connectivity index (χ4v) is 2.62. The molecule has 2 aromatic carbocycles. The number of amides is 1. The lowest BCUT2D eigenvalue weighted by atomic mass is 10.1. The molecular formula is C19H19Cl2NO4. The van der Waals surface area contributed by atoms with Gasteiger partial charge in [0.25, 0.3) is 5.91 Å². The fourth-order valence-electron chi connectivity index (χ4n) is 2.28. The summed E-state index contributed by atoms with van der Waals surface area (Å²) in [6, 6.07) is 12.1. The number of ether oxygens (including phenoxy) is 2. The maximum Gasteiger partial charge on any atom is 0.306 e. The number of carbonyl (C=O) groups excluding carboxylic acids is 2. The summed E-state index contributed by atoms with van der Waals surface area (Å²) >= 11 is 11.9. The zero-order valence-electron chi connectivity index (χ0n) is 14.4. The summed E-state index contributed by atoms with van der Waals surface area (Å²) in [6.45, 7) is 1.49. The predicted octanol–water partition coefficient (Wildman–Crippen LogP) is 4.51. The number of hydrogen-bond acceptors (Lipinski definition) is 4. The molecule has 0 saturated carbocycles. The average Bonchev–Trinajstić information content (AvgIpc) is 2.63. The Morgan fingerprint density at radius 2 is 1.88 bits per heavy atom. The highest BCUT2D eigenvalue weighted by atomic mass is 35.5. The first-order chi connectivity index (χ1) is 12.4. The highest BCUT2D eigenvalue weighted by Crippen LogP contribution is 2.25. The standard InChI is InChI=1S/C19H19Cl2NO4/c1-12(19(24)22-16-11-14(20)8-9-15(16)21)26-18(23)10-7-13-5-3-4-6-17(13)25-2/h3-6,8-9,11-12H,7,10H2,1-2H3,(H,22,24)/t12-/m1/s1. The van der Waals surface area contributed by atoms with Gasteiger partial charge in [-0.15, -0.1) is 0 Å². The molecule has 0 bridgehead atoms. The first-order valence-electron chi connectivity index (χ1n) is 7.98. The maximum absolute atomic E-state index is 12.2. The lowest BCUT2D eigenvalue weighted by Crippen LogP contribution is -2.30. The Hall–Kier alpha value is -2.24. The topological polar surface area (TPSA) is 64.6 Å². The molecule has 7 heteroatoms. The van der Waals surface area contributed by atoms with E-state index in [2.05, 4.69) is 5.32 Å². The van der Waals surface area contributed by atoms with Crippen LogP contribution in [0.5, 0.6) is 5.75 Å². The van der Waals surface area contributed by atoms with Crippen molar-refractivity contribution in [2.24, 2.45) is 0 Å². The molecule has 0 aliphatic heterocycles. The van der Waals surface area contributed by atoms with Gasteiger partial charge in [0.05, 0.1) is 17.8 Å². The minimum Gasteiger partial charge on any atom is -0.496 e. The van der Waals surface area contributed by atoms with Crippen LogP contribution in [0.2, 0.25) is 10.0 Å².